The highest BCUT2D eigenvalue weighted by atomic mass is 16.5. The van der Waals surface area contributed by atoms with Crippen molar-refractivity contribution in [3.8, 4) is 0 Å². The van der Waals surface area contributed by atoms with Gasteiger partial charge in [0.15, 0.2) is 0 Å². The summed E-state index contributed by atoms with van der Waals surface area (Å²) < 4.78 is 4.91. The van der Waals surface area contributed by atoms with Crippen LogP contribution >= 0.6 is 0 Å². The number of rotatable bonds is 5. The number of hydrogen-bond donors (Lipinski definition) is 2. The largest absolute Gasteiger partial charge is 0.481 e. The minimum absolute atomic E-state index is 0.0509. The second kappa shape index (κ2) is 4.31. The number of hydrogen-bond acceptors (Lipinski definition) is 3. The zero-order valence-corrected chi connectivity index (χ0v) is 6.83. The molecule has 0 rings (SSSR count). The van der Waals surface area contributed by atoms with Crippen LogP contribution in [-0.4, -0.2) is 36.0 Å². The number of aliphatic carboxylic acids is 1. The highest BCUT2D eigenvalue weighted by Crippen LogP contribution is 2.15. The monoisotopic (exact) mass is 162 g/mol. The van der Waals surface area contributed by atoms with E-state index in [0.29, 0.717) is 6.61 Å². The van der Waals surface area contributed by atoms with E-state index in [2.05, 4.69) is 0 Å². The van der Waals surface area contributed by atoms with Crippen molar-refractivity contribution in [1.82, 2.24) is 0 Å². The molecule has 4 heteroatoms. The second-order valence-corrected chi connectivity index (χ2v) is 2.66. The predicted molar refractivity (Wildman–Crippen MR) is 39.3 cm³/mol. The highest BCUT2D eigenvalue weighted by Gasteiger charge is 2.32. The average Bonchev–Trinajstić information content (AvgIpc) is 2.00. The summed E-state index contributed by atoms with van der Waals surface area (Å²) in [5.74, 6) is -1.03. The zero-order chi connectivity index (χ0) is 8.91. The van der Waals surface area contributed by atoms with Gasteiger partial charge in [-0.2, -0.15) is 0 Å². The first-order valence-electron chi connectivity index (χ1n) is 3.49. The highest BCUT2D eigenvalue weighted by molar-refractivity contribution is 5.74. The van der Waals surface area contributed by atoms with E-state index in [1.54, 1.807) is 6.92 Å². The van der Waals surface area contributed by atoms with Crippen LogP contribution in [0.25, 0.3) is 0 Å². The van der Waals surface area contributed by atoms with E-state index in [1.807, 2.05) is 0 Å². The molecular weight excluding hydrogens is 148 g/mol. The van der Waals surface area contributed by atoms with Gasteiger partial charge in [-0.1, -0.05) is 0 Å². The lowest BCUT2D eigenvalue weighted by Crippen LogP contribution is -2.36. The summed E-state index contributed by atoms with van der Waals surface area (Å²) in [5.41, 5.74) is -1.16. The first-order valence-corrected chi connectivity index (χ1v) is 3.49. The van der Waals surface area contributed by atoms with Gasteiger partial charge < -0.3 is 14.9 Å². The molecule has 0 heterocycles. The van der Waals surface area contributed by atoms with Crippen LogP contribution in [0.4, 0.5) is 0 Å². The molecule has 1 atom stereocenters. The molecular formula is C7H14O4. The molecule has 1 unspecified atom stereocenters. The van der Waals surface area contributed by atoms with E-state index in [1.165, 1.54) is 6.92 Å². The van der Waals surface area contributed by atoms with E-state index in [4.69, 9.17) is 14.9 Å². The molecule has 0 saturated carbocycles. The number of carboxylic acid groups (broad SMARTS) is 1. The van der Waals surface area contributed by atoms with Crippen LogP contribution in [0.2, 0.25) is 0 Å². The van der Waals surface area contributed by atoms with Crippen LogP contribution in [0.3, 0.4) is 0 Å². The van der Waals surface area contributed by atoms with Gasteiger partial charge >= 0.3 is 5.97 Å². The fourth-order valence-corrected chi connectivity index (χ4v) is 0.502. The molecule has 0 aliphatic rings. The van der Waals surface area contributed by atoms with Crippen molar-refractivity contribution >= 4 is 5.97 Å². The Kier molecular flexibility index (Phi) is 4.07. The predicted octanol–water partition coefficient (Wildman–Crippen LogP) is 0.106. The lowest BCUT2D eigenvalue weighted by Gasteiger charge is -2.20. The van der Waals surface area contributed by atoms with Crippen LogP contribution in [0.1, 0.15) is 13.8 Å². The van der Waals surface area contributed by atoms with Crippen molar-refractivity contribution in [2.24, 2.45) is 5.41 Å². The minimum atomic E-state index is -1.16. The Morgan fingerprint density at radius 2 is 2.18 bits per heavy atom. The van der Waals surface area contributed by atoms with Gasteiger partial charge in [0.1, 0.15) is 5.41 Å². The second-order valence-electron chi connectivity index (χ2n) is 2.66. The number of carbonyl (C=O) groups is 1. The molecule has 0 amide bonds. The zero-order valence-electron chi connectivity index (χ0n) is 6.83. The van der Waals surface area contributed by atoms with Crippen LogP contribution in [-0.2, 0) is 9.53 Å². The molecule has 66 valence electrons. The van der Waals surface area contributed by atoms with E-state index in [9.17, 15) is 4.79 Å². The van der Waals surface area contributed by atoms with Gasteiger partial charge in [-0.15, -0.1) is 0 Å². The van der Waals surface area contributed by atoms with Crippen LogP contribution < -0.4 is 0 Å². The smallest absolute Gasteiger partial charge is 0.314 e. The van der Waals surface area contributed by atoms with Crippen molar-refractivity contribution in [3.05, 3.63) is 0 Å². The summed E-state index contributed by atoms with van der Waals surface area (Å²) in [5, 5.41) is 17.3. The molecule has 0 spiro atoms. The Bertz CT molecular complexity index is 134. The van der Waals surface area contributed by atoms with E-state index in [0.717, 1.165) is 0 Å². The van der Waals surface area contributed by atoms with Gasteiger partial charge in [-0.3, -0.25) is 4.79 Å². The quantitative estimate of drug-likeness (QED) is 0.602. The molecule has 0 aliphatic carbocycles. The number of aliphatic hydroxyl groups is 1. The maximum Gasteiger partial charge on any atom is 0.314 e. The molecule has 0 aromatic heterocycles. The molecule has 0 aliphatic heterocycles. The molecule has 0 aromatic carbocycles. The number of aliphatic hydroxyl groups excluding tert-OH is 1. The Balaban J connectivity index is 3.99. The molecule has 2 N–H and O–H groups in total. The van der Waals surface area contributed by atoms with E-state index >= 15 is 0 Å². The topological polar surface area (TPSA) is 66.8 Å². The molecule has 0 radical (unpaired) electrons. The van der Waals surface area contributed by atoms with Crippen molar-refractivity contribution < 1.29 is 19.7 Å². The fraction of sp³-hybridized carbons (Fsp3) is 0.857. The first-order chi connectivity index (χ1) is 5.06. The molecule has 0 aromatic rings. The van der Waals surface area contributed by atoms with E-state index in [-0.39, 0.29) is 6.61 Å². The fourth-order valence-electron chi connectivity index (χ4n) is 0.502. The van der Waals surface area contributed by atoms with Crippen molar-refractivity contribution in [1.29, 1.82) is 0 Å². The van der Waals surface area contributed by atoms with Gasteiger partial charge in [-0.25, -0.2) is 0 Å². The van der Waals surface area contributed by atoms with E-state index < -0.39 is 18.0 Å². The molecule has 0 fully saturated rings. The van der Waals surface area contributed by atoms with Gasteiger partial charge in [0.2, 0.25) is 0 Å². The van der Waals surface area contributed by atoms with Crippen LogP contribution in [0.5, 0.6) is 0 Å². The Morgan fingerprint density at radius 3 is 2.45 bits per heavy atom. The third-order valence-electron chi connectivity index (χ3n) is 1.49. The summed E-state index contributed by atoms with van der Waals surface area (Å²) in [7, 11) is 0. The summed E-state index contributed by atoms with van der Waals surface area (Å²) in [4.78, 5) is 10.5. The van der Waals surface area contributed by atoms with Crippen molar-refractivity contribution in [3.63, 3.8) is 0 Å². The average molecular weight is 162 g/mol. The molecule has 11 heavy (non-hydrogen) atoms. The standard InChI is InChI=1S/C7H14O4/c1-3-11-5-7(2,4-8)6(9)10/h8H,3-5H2,1-2H3,(H,9,10). The minimum Gasteiger partial charge on any atom is -0.481 e. The SMILES string of the molecule is CCOCC(C)(CO)C(=O)O. The van der Waals surface area contributed by atoms with Crippen LogP contribution in [0.15, 0.2) is 0 Å². The first kappa shape index (κ1) is 10.4. The van der Waals surface area contributed by atoms with Crippen molar-refractivity contribution in [2.75, 3.05) is 19.8 Å². The normalized spacial score (nSPS) is 15.9. The third kappa shape index (κ3) is 2.86. The lowest BCUT2D eigenvalue weighted by molar-refractivity contribution is -0.154. The maximum absolute atomic E-state index is 10.5. The summed E-state index contributed by atoms with van der Waals surface area (Å²) in [6.45, 7) is 3.34. The van der Waals surface area contributed by atoms with Gasteiger partial charge in [0.25, 0.3) is 0 Å². The van der Waals surface area contributed by atoms with Gasteiger partial charge in [0.05, 0.1) is 13.2 Å². The molecule has 0 saturated heterocycles. The Hall–Kier alpha value is -0.610. The lowest BCUT2D eigenvalue weighted by atomic mass is 9.93. The van der Waals surface area contributed by atoms with Crippen molar-refractivity contribution in [2.45, 2.75) is 13.8 Å². The van der Waals surface area contributed by atoms with Gasteiger partial charge in [-0.05, 0) is 13.8 Å². The number of carboxylic acids is 1. The molecule has 0 bridgehead atoms. The van der Waals surface area contributed by atoms with Gasteiger partial charge in [0, 0.05) is 6.61 Å². The number of ether oxygens (including phenoxy) is 1. The summed E-state index contributed by atoms with van der Waals surface area (Å²) >= 11 is 0. The molecule has 4 nitrogen and oxygen atoms in total. The Labute approximate surface area is 65.8 Å². The Morgan fingerprint density at radius 1 is 1.64 bits per heavy atom. The maximum atomic E-state index is 10.5. The summed E-state index contributed by atoms with van der Waals surface area (Å²) in [6.07, 6.45) is 0. The van der Waals surface area contributed by atoms with Crippen LogP contribution in [0, 0.1) is 5.41 Å². The third-order valence-corrected chi connectivity index (χ3v) is 1.49. The summed E-state index contributed by atoms with van der Waals surface area (Å²) in [6, 6.07) is 0.